The molecule has 1 aromatic carbocycles. The maximum Gasteiger partial charge on any atom is 0.204 e. The molecule has 0 radical (unpaired) electrons. The van der Waals surface area contributed by atoms with Crippen LogP contribution in [0.5, 0.6) is 0 Å². The van der Waals surface area contributed by atoms with Gasteiger partial charge in [-0.2, -0.15) is 0 Å². The third-order valence-electron chi connectivity index (χ3n) is 1.77. The van der Waals surface area contributed by atoms with Crippen LogP contribution < -0.4 is 5.73 Å². The Balaban J connectivity index is 0.000000293. The van der Waals surface area contributed by atoms with Crippen LogP contribution in [0.3, 0.4) is 0 Å². The molecule has 0 saturated carbocycles. The second kappa shape index (κ2) is 5.44. The van der Waals surface area contributed by atoms with Crippen LogP contribution in [0.2, 0.25) is 0 Å². The zero-order valence-electron chi connectivity index (χ0n) is 7.60. The molecule has 2 N–H and O–H groups in total. The molecule has 0 saturated heterocycles. The Morgan fingerprint density at radius 2 is 2.00 bits per heavy atom. The van der Waals surface area contributed by atoms with Crippen molar-refractivity contribution in [1.82, 2.24) is 0 Å². The molecule has 0 spiro atoms. The number of carbonyl (C=O) groups is 2. The van der Waals surface area contributed by atoms with E-state index in [1.165, 1.54) is 0 Å². The van der Waals surface area contributed by atoms with E-state index in [-0.39, 0.29) is 6.41 Å². The van der Waals surface area contributed by atoms with Gasteiger partial charge in [0.05, 0.1) is 0 Å². The molecule has 4 heteroatoms. The van der Waals surface area contributed by atoms with Crippen LogP contribution in [-0.2, 0) is 4.79 Å². The Morgan fingerprint density at radius 1 is 1.36 bits per heavy atom. The molecule has 1 heterocycles. The molecule has 14 heavy (non-hydrogen) atoms. The standard InChI is InChI=1S/C9H8OS.CH3NO/c10-8-5-6-11-9-4-2-1-3-7(8)9;2-1-3/h1-4H,5-6H2;1H,(H2,2,3). The number of nitrogens with two attached hydrogens (primary N) is 1. The van der Waals surface area contributed by atoms with Gasteiger partial charge in [-0.3, -0.25) is 9.59 Å². The van der Waals surface area contributed by atoms with E-state index in [2.05, 4.69) is 5.73 Å². The Hall–Kier alpha value is -1.29. The second-order valence-electron chi connectivity index (χ2n) is 2.65. The molecule has 1 amide bonds. The van der Waals surface area contributed by atoms with Gasteiger partial charge in [0.1, 0.15) is 0 Å². The molecule has 3 nitrogen and oxygen atoms in total. The highest BCUT2D eigenvalue weighted by atomic mass is 32.2. The van der Waals surface area contributed by atoms with Crippen LogP contribution in [0.25, 0.3) is 0 Å². The molecule has 74 valence electrons. The van der Waals surface area contributed by atoms with E-state index in [0.29, 0.717) is 12.2 Å². The van der Waals surface area contributed by atoms with Crippen molar-refractivity contribution in [2.45, 2.75) is 11.3 Å². The molecule has 0 atom stereocenters. The normalized spacial score (nSPS) is 13.6. The number of primary amides is 1. The van der Waals surface area contributed by atoms with Crippen molar-refractivity contribution in [3.05, 3.63) is 29.8 Å². The van der Waals surface area contributed by atoms with E-state index in [0.717, 1.165) is 16.2 Å². The highest BCUT2D eigenvalue weighted by Crippen LogP contribution is 2.28. The van der Waals surface area contributed by atoms with Crippen molar-refractivity contribution in [3.8, 4) is 0 Å². The van der Waals surface area contributed by atoms with Gasteiger partial charge in [0.2, 0.25) is 6.41 Å². The van der Waals surface area contributed by atoms with Crippen molar-refractivity contribution >= 4 is 24.0 Å². The molecule has 0 bridgehead atoms. The van der Waals surface area contributed by atoms with Crippen molar-refractivity contribution < 1.29 is 9.59 Å². The minimum absolute atomic E-state index is 0.250. The molecular formula is C10H11NO2S. The first-order valence-corrected chi connectivity index (χ1v) is 5.18. The maximum absolute atomic E-state index is 11.3. The van der Waals surface area contributed by atoms with Crippen molar-refractivity contribution in [2.24, 2.45) is 5.73 Å². The van der Waals surface area contributed by atoms with Gasteiger partial charge >= 0.3 is 0 Å². The van der Waals surface area contributed by atoms with Crippen molar-refractivity contribution in [1.29, 1.82) is 0 Å². The molecule has 1 aromatic rings. The number of benzene rings is 1. The van der Waals surface area contributed by atoms with Gasteiger partial charge in [0.25, 0.3) is 0 Å². The number of thioether (sulfide) groups is 1. The van der Waals surface area contributed by atoms with Gasteiger partial charge in [-0.05, 0) is 6.07 Å². The minimum atomic E-state index is 0.250. The van der Waals surface area contributed by atoms with Crippen LogP contribution in [0.4, 0.5) is 0 Å². The number of hydrogen-bond acceptors (Lipinski definition) is 3. The first-order chi connectivity index (χ1) is 6.79. The van der Waals surface area contributed by atoms with Crippen LogP contribution in [0.1, 0.15) is 16.8 Å². The van der Waals surface area contributed by atoms with Crippen LogP contribution >= 0.6 is 11.8 Å². The molecule has 0 aliphatic carbocycles. The molecule has 0 fully saturated rings. The SMILES string of the molecule is NC=O.O=C1CCSc2ccccc21. The number of rotatable bonds is 0. The van der Waals surface area contributed by atoms with Gasteiger partial charge in [0.15, 0.2) is 5.78 Å². The van der Waals surface area contributed by atoms with Gasteiger partial charge < -0.3 is 5.73 Å². The highest BCUT2D eigenvalue weighted by Gasteiger charge is 2.15. The van der Waals surface area contributed by atoms with E-state index in [1.54, 1.807) is 11.8 Å². The smallest absolute Gasteiger partial charge is 0.204 e. The quantitative estimate of drug-likeness (QED) is 0.658. The summed E-state index contributed by atoms with van der Waals surface area (Å²) in [7, 11) is 0. The number of amides is 1. The first-order valence-electron chi connectivity index (χ1n) is 4.20. The Labute approximate surface area is 86.7 Å². The monoisotopic (exact) mass is 209 g/mol. The third kappa shape index (κ3) is 2.60. The molecule has 2 rings (SSSR count). The number of Topliss-reactive ketones (excluding diaryl/α,β-unsaturated/α-hetero) is 1. The first kappa shape index (κ1) is 10.8. The summed E-state index contributed by atoms with van der Waals surface area (Å²) in [6, 6.07) is 7.81. The summed E-state index contributed by atoms with van der Waals surface area (Å²) in [5.74, 6) is 1.23. The zero-order chi connectivity index (χ0) is 10.4. The second-order valence-corrected chi connectivity index (χ2v) is 3.79. The van der Waals surface area contributed by atoms with Crippen molar-refractivity contribution in [3.63, 3.8) is 0 Å². The molecule has 1 aliphatic heterocycles. The third-order valence-corrected chi connectivity index (χ3v) is 2.85. The highest BCUT2D eigenvalue weighted by molar-refractivity contribution is 7.99. The summed E-state index contributed by atoms with van der Waals surface area (Å²) >= 11 is 1.77. The summed E-state index contributed by atoms with van der Waals surface area (Å²) < 4.78 is 0. The predicted molar refractivity (Wildman–Crippen MR) is 56.4 cm³/mol. The summed E-state index contributed by atoms with van der Waals surface area (Å²) in [6.07, 6.45) is 0.946. The Kier molecular flexibility index (Phi) is 4.19. The van der Waals surface area contributed by atoms with Crippen LogP contribution in [0, 0.1) is 0 Å². The van der Waals surface area contributed by atoms with E-state index < -0.39 is 0 Å². The lowest BCUT2D eigenvalue weighted by Gasteiger charge is -2.12. The Morgan fingerprint density at radius 3 is 2.64 bits per heavy atom. The summed E-state index contributed by atoms with van der Waals surface area (Å²) in [6.45, 7) is 0. The summed E-state index contributed by atoms with van der Waals surface area (Å²) in [5.41, 5.74) is 5.07. The fourth-order valence-corrected chi connectivity index (χ4v) is 2.23. The topological polar surface area (TPSA) is 60.2 Å². The fourth-order valence-electron chi connectivity index (χ4n) is 1.21. The number of ketones is 1. The fraction of sp³-hybridized carbons (Fsp3) is 0.200. The predicted octanol–water partition coefficient (Wildman–Crippen LogP) is 1.47. The zero-order valence-corrected chi connectivity index (χ0v) is 8.42. The van der Waals surface area contributed by atoms with Crippen molar-refractivity contribution in [2.75, 3.05) is 5.75 Å². The maximum atomic E-state index is 11.3. The largest absolute Gasteiger partial charge is 0.372 e. The molecular weight excluding hydrogens is 198 g/mol. The van der Waals surface area contributed by atoms with E-state index in [4.69, 9.17) is 4.79 Å². The average Bonchev–Trinajstić information content (AvgIpc) is 2.20. The van der Waals surface area contributed by atoms with Gasteiger partial charge in [-0.15, -0.1) is 11.8 Å². The summed E-state index contributed by atoms with van der Waals surface area (Å²) in [5, 5.41) is 0. The van der Waals surface area contributed by atoms with E-state index in [9.17, 15) is 4.79 Å². The number of carbonyl (C=O) groups excluding carboxylic acids is 2. The minimum Gasteiger partial charge on any atom is -0.372 e. The van der Waals surface area contributed by atoms with Gasteiger partial charge in [-0.1, -0.05) is 18.2 Å². The lowest BCUT2D eigenvalue weighted by Crippen LogP contribution is -2.07. The van der Waals surface area contributed by atoms with Gasteiger partial charge in [-0.25, -0.2) is 0 Å². The molecule has 0 unspecified atom stereocenters. The summed E-state index contributed by atoms with van der Waals surface area (Å²) in [4.78, 5) is 21.0. The lowest BCUT2D eigenvalue weighted by molar-refractivity contribution is -0.106. The van der Waals surface area contributed by atoms with Crippen LogP contribution in [0.15, 0.2) is 29.2 Å². The number of hydrogen-bond donors (Lipinski definition) is 1. The molecule has 1 aliphatic rings. The Bertz CT molecular complexity index is 339. The lowest BCUT2D eigenvalue weighted by atomic mass is 10.1. The average molecular weight is 209 g/mol. The van der Waals surface area contributed by atoms with Crippen LogP contribution in [-0.4, -0.2) is 17.9 Å². The van der Waals surface area contributed by atoms with Gasteiger partial charge in [0, 0.05) is 22.6 Å². The van der Waals surface area contributed by atoms with E-state index in [1.807, 2.05) is 24.3 Å². The van der Waals surface area contributed by atoms with E-state index >= 15 is 0 Å². The number of fused-ring (bicyclic) bond motifs is 1. The molecule has 0 aromatic heterocycles.